The predicted octanol–water partition coefficient (Wildman–Crippen LogP) is 6.43. The number of hydrogen-bond donors (Lipinski definition) is 0. The number of imidazole rings is 1. The minimum atomic E-state index is -0.0624. The van der Waals surface area contributed by atoms with E-state index in [1.807, 2.05) is 85.3 Å². The van der Waals surface area contributed by atoms with Gasteiger partial charge in [-0.1, -0.05) is 48.5 Å². The maximum Gasteiger partial charge on any atom is 0.165 e. The molecular weight excluding hydrogens is 384 g/mol. The number of para-hydroxylation sites is 1. The van der Waals surface area contributed by atoms with Gasteiger partial charge in [0, 0.05) is 12.0 Å². The second-order valence-electron chi connectivity index (χ2n) is 7.67. The molecule has 0 spiro atoms. The van der Waals surface area contributed by atoms with Crippen molar-refractivity contribution in [3.05, 3.63) is 114 Å². The van der Waals surface area contributed by atoms with Crippen LogP contribution in [0.1, 0.15) is 41.0 Å². The second kappa shape index (κ2) is 8.07. The van der Waals surface area contributed by atoms with Crippen LogP contribution in [0.2, 0.25) is 0 Å². The molecule has 0 fully saturated rings. The third kappa shape index (κ3) is 3.68. The van der Waals surface area contributed by atoms with E-state index in [0.717, 1.165) is 17.0 Å². The zero-order chi connectivity index (χ0) is 21.2. The molecule has 2 heterocycles. The molecule has 1 atom stereocenters. The van der Waals surface area contributed by atoms with E-state index in [4.69, 9.17) is 4.74 Å². The van der Waals surface area contributed by atoms with Crippen LogP contribution >= 0.6 is 0 Å². The van der Waals surface area contributed by atoms with Gasteiger partial charge in [-0.15, -0.1) is 0 Å². The molecule has 1 aliphatic heterocycles. The smallest absolute Gasteiger partial charge is 0.165 e. The van der Waals surface area contributed by atoms with Crippen LogP contribution in [0.25, 0.3) is 11.1 Å². The van der Waals surface area contributed by atoms with Gasteiger partial charge in [-0.05, 0) is 60.0 Å². The number of ether oxygens (including phenoxy) is 1. The lowest BCUT2D eigenvalue weighted by atomic mass is 9.91. The van der Waals surface area contributed by atoms with Gasteiger partial charge in [0.2, 0.25) is 0 Å². The lowest BCUT2D eigenvalue weighted by molar-refractivity contribution is 0.0972. The minimum absolute atomic E-state index is 0.0624. The third-order valence-electron chi connectivity index (χ3n) is 5.74. The molecule has 5 rings (SSSR count). The molecule has 0 aliphatic carbocycles. The van der Waals surface area contributed by atoms with Crippen molar-refractivity contribution in [1.82, 2.24) is 9.55 Å². The highest BCUT2D eigenvalue weighted by Crippen LogP contribution is 2.44. The van der Waals surface area contributed by atoms with Gasteiger partial charge < -0.3 is 9.30 Å². The summed E-state index contributed by atoms with van der Waals surface area (Å²) in [5, 5.41) is 0. The van der Waals surface area contributed by atoms with E-state index in [1.165, 1.54) is 11.1 Å². The van der Waals surface area contributed by atoms with Gasteiger partial charge in [0.05, 0.1) is 24.3 Å². The molecule has 1 aromatic heterocycles. The quantitative estimate of drug-likeness (QED) is 0.346. The maximum absolute atomic E-state index is 13.2. The van der Waals surface area contributed by atoms with E-state index >= 15 is 0 Å². The summed E-state index contributed by atoms with van der Waals surface area (Å²) < 4.78 is 7.95. The Hall–Kier alpha value is -3.92. The molecule has 4 aromatic rings. The van der Waals surface area contributed by atoms with E-state index in [9.17, 15) is 4.79 Å². The fraction of sp³-hybridized carbons (Fsp3) is 0.111. The third-order valence-corrected chi connectivity index (χ3v) is 5.74. The molecule has 31 heavy (non-hydrogen) atoms. The highest BCUT2D eigenvalue weighted by Gasteiger charge is 2.31. The summed E-state index contributed by atoms with van der Waals surface area (Å²) in [4.78, 5) is 17.5. The molecule has 1 unspecified atom stereocenters. The zero-order valence-electron chi connectivity index (χ0n) is 17.2. The van der Waals surface area contributed by atoms with Crippen molar-refractivity contribution in [3.8, 4) is 11.5 Å². The van der Waals surface area contributed by atoms with Gasteiger partial charge in [0.15, 0.2) is 5.78 Å². The number of nitrogens with zero attached hydrogens (tertiary/aromatic N) is 2. The maximum atomic E-state index is 13.2. The van der Waals surface area contributed by atoms with Crippen LogP contribution in [-0.2, 0) is 0 Å². The van der Waals surface area contributed by atoms with Gasteiger partial charge in [-0.3, -0.25) is 4.79 Å². The number of fused-ring (bicyclic) bond motifs is 1. The van der Waals surface area contributed by atoms with Crippen LogP contribution in [0.5, 0.6) is 11.5 Å². The van der Waals surface area contributed by atoms with Gasteiger partial charge in [-0.2, -0.15) is 0 Å². The first-order valence-electron chi connectivity index (χ1n) is 10.4. The Bertz CT molecular complexity index is 1240. The number of aromatic nitrogens is 2. The van der Waals surface area contributed by atoms with E-state index < -0.39 is 0 Å². The zero-order valence-corrected chi connectivity index (χ0v) is 17.2. The molecule has 0 saturated carbocycles. The van der Waals surface area contributed by atoms with Crippen LogP contribution in [0.3, 0.4) is 0 Å². The number of ketones is 1. The topological polar surface area (TPSA) is 44.1 Å². The molecule has 0 N–H and O–H groups in total. The van der Waals surface area contributed by atoms with Crippen molar-refractivity contribution < 1.29 is 9.53 Å². The first kappa shape index (κ1) is 19.1. The first-order valence-corrected chi connectivity index (χ1v) is 10.4. The normalized spacial score (nSPS) is 15.1. The molecule has 4 heteroatoms. The van der Waals surface area contributed by atoms with Crippen molar-refractivity contribution in [1.29, 1.82) is 0 Å². The Morgan fingerprint density at radius 1 is 0.903 bits per heavy atom. The predicted molar refractivity (Wildman–Crippen MR) is 122 cm³/mol. The highest BCUT2D eigenvalue weighted by atomic mass is 16.5. The molecule has 0 amide bonds. The van der Waals surface area contributed by atoms with Crippen molar-refractivity contribution in [3.63, 3.8) is 0 Å². The van der Waals surface area contributed by atoms with Gasteiger partial charge >= 0.3 is 0 Å². The lowest BCUT2D eigenvalue weighted by Crippen LogP contribution is -2.13. The number of Topliss-reactive ketones (excluding diaryl/α,β-unsaturated/α-hetero) is 1. The fourth-order valence-electron chi connectivity index (χ4n) is 4.22. The average molecular weight is 406 g/mol. The van der Waals surface area contributed by atoms with Crippen molar-refractivity contribution in [2.45, 2.75) is 19.4 Å². The van der Waals surface area contributed by atoms with Crippen molar-refractivity contribution >= 4 is 16.9 Å². The number of allylic oxidation sites excluding steroid dienone is 2. The number of rotatable bonds is 6. The molecular formula is C27H22N2O2. The molecule has 0 radical (unpaired) electrons. The van der Waals surface area contributed by atoms with Gasteiger partial charge in [0.25, 0.3) is 0 Å². The summed E-state index contributed by atoms with van der Waals surface area (Å²) in [5.74, 6) is 1.58. The van der Waals surface area contributed by atoms with Crippen LogP contribution in [0.15, 0.2) is 97.5 Å². The van der Waals surface area contributed by atoms with Crippen molar-refractivity contribution in [2.75, 3.05) is 0 Å². The minimum Gasteiger partial charge on any atom is -0.457 e. The second-order valence-corrected chi connectivity index (χ2v) is 7.67. The summed E-state index contributed by atoms with van der Waals surface area (Å²) in [6, 6.07) is 27.2. The number of carbonyl (C=O) groups is 1. The van der Waals surface area contributed by atoms with Crippen molar-refractivity contribution in [2.24, 2.45) is 0 Å². The molecule has 0 saturated heterocycles. The summed E-state index contributed by atoms with van der Waals surface area (Å²) in [5.41, 5.74) is 5.26. The Morgan fingerprint density at radius 2 is 1.55 bits per heavy atom. The van der Waals surface area contributed by atoms with Gasteiger partial charge in [-0.25, -0.2) is 4.98 Å². The fourth-order valence-corrected chi connectivity index (χ4v) is 4.22. The summed E-state index contributed by atoms with van der Waals surface area (Å²) in [6.45, 7) is 2.11. The number of carbonyl (C=O) groups excluding carboxylic acids is 1. The Morgan fingerprint density at radius 3 is 2.26 bits per heavy atom. The molecule has 152 valence electrons. The Labute approximate surface area is 181 Å². The van der Waals surface area contributed by atoms with E-state index in [2.05, 4.69) is 28.6 Å². The number of hydrogen-bond acceptors (Lipinski definition) is 3. The first-order chi connectivity index (χ1) is 15.2. The summed E-state index contributed by atoms with van der Waals surface area (Å²) in [6.07, 6.45) is 4.08. The largest absolute Gasteiger partial charge is 0.457 e. The molecule has 0 bridgehead atoms. The number of benzene rings is 3. The Kier molecular flexibility index (Phi) is 4.97. The van der Waals surface area contributed by atoms with Crippen LogP contribution in [-0.4, -0.2) is 15.3 Å². The standard InChI is InChI=1S/C27H22N2O2/c1-19-25-17-28-18-29(25)24(27(19)21-8-4-2-5-9-21)16-26(30)20-12-14-23(15-13-20)31-22-10-6-3-7-11-22/h2-15,17-18,24H,16H2,1H3. The summed E-state index contributed by atoms with van der Waals surface area (Å²) >= 11 is 0. The Balaban J connectivity index is 1.38. The molecule has 3 aromatic carbocycles. The van der Waals surface area contributed by atoms with E-state index in [1.54, 1.807) is 0 Å². The lowest BCUT2D eigenvalue weighted by Gasteiger charge is -2.18. The monoisotopic (exact) mass is 406 g/mol. The van der Waals surface area contributed by atoms with Crippen LogP contribution in [0.4, 0.5) is 0 Å². The van der Waals surface area contributed by atoms with E-state index in [0.29, 0.717) is 17.7 Å². The van der Waals surface area contributed by atoms with Gasteiger partial charge in [0.1, 0.15) is 11.5 Å². The van der Waals surface area contributed by atoms with Crippen LogP contribution in [0, 0.1) is 0 Å². The SMILES string of the molecule is CC1=C(c2ccccc2)C(CC(=O)c2ccc(Oc3ccccc3)cc2)n2cncc21. The van der Waals surface area contributed by atoms with E-state index in [-0.39, 0.29) is 11.8 Å². The summed E-state index contributed by atoms with van der Waals surface area (Å²) in [7, 11) is 0. The highest BCUT2D eigenvalue weighted by molar-refractivity contribution is 6.01. The molecule has 4 nitrogen and oxygen atoms in total. The van der Waals surface area contributed by atoms with Crippen LogP contribution < -0.4 is 4.74 Å². The average Bonchev–Trinajstić information content (AvgIpc) is 3.39. The molecule has 1 aliphatic rings.